The molecule has 0 saturated heterocycles. The summed E-state index contributed by atoms with van der Waals surface area (Å²) < 4.78 is 33.8. The highest BCUT2D eigenvalue weighted by Gasteiger charge is 2.10. The second kappa shape index (κ2) is 8.76. The van der Waals surface area contributed by atoms with Gasteiger partial charge in [0.05, 0.1) is 6.61 Å². The van der Waals surface area contributed by atoms with Crippen molar-refractivity contribution >= 4 is 18.0 Å². The van der Waals surface area contributed by atoms with E-state index in [4.69, 9.17) is 9.84 Å². The molecule has 0 amide bonds. The van der Waals surface area contributed by atoms with Gasteiger partial charge in [0.2, 0.25) is 0 Å². The molecule has 22 heavy (non-hydrogen) atoms. The fourth-order valence-electron chi connectivity index (χ4n) is 1.73. The number of halogens is 2. The summed E-state index contributed by atoms with van der Waals surface area (Å²) in [5, 5.41) is 8.62. The van der Waals surface area contributed by atoms with E-state index in [1.54, 1.807) is 6.92 Å². The van der Waals surface area contributed by atoms with Crippen LogP contribution in [0.1, 0.15) is 24.5 Å². The topological polar surface area (TPSA) is 72.8 Å². The van der Waals surface area contributed by atoms with Gasteiger partial charge in [0.1, 0.15) is 5.75 Å². The van der Waals surface area contributed by atoms with E-state index in [1.807, 2.05) is 0 Å². The van der Waals surface area contributed by atoms with Gasteiger partial charge < -0.3 is 14.6 Å². The minimum Gasteiger partial charge on any atom is -0.478 e. The number of rotatable bonds is 8. The highest BCUT2D eigenvalue weighted by atomic mass is 19.3. The molecule has 0 radical (unpaired) electrons. The Morgan fingerprint density at radius 1 is 1.36 bits per heavy atom. The fourth-order valence-corrected chi connectivity index (χ4v) is 1.73. The number of hydrogen-bond acceptors (Lipinski definition) is 4. The third-order valence-corrected chi connectivity index (χ3v) is 2.62. The Bertz CT molecular complexity index is 555. The molecule has 0 spiro atoms. The molecule has 0 heterocycles. The third kappa shape index (κ3) is 6.34. The van der Waals surface area contributed by atoms with Crippen LogP contribution in [0, 0.1) is 0 Å². The second-order valence-corrected chi connectivity index (χ2v) is 4.23. The summed E-state index contributed by atoms with van der Waals surface area (Å²) in [6.45, 7) is -1.03. The van der Waals surface area contributed by atoms with E-state index >= 15 is 0 Å². The van der Waals surface area contributed by atoms with Crippen LogP contribution in [0.2, 0.25) is 0 Å². The quantitative estimate of drug-likeness (QED) is 0.590. The number of aliphatic carboxylic acids is 1. The lowest BCUT2D eigenvalue weighted by atomic mass is 10.0. The summed E-state index contributed by atoms with van der Waals surface area (Å²) in [5.41, 5.74) is 0.878. The first-order valence-electron chi connectivity index (χ1n) is 6.56. The molecule has 1 aromatic carbocycles. The predicted molar refractivity (Wildman–Crippen MR) is 74.7 cm³/mol. The maximum absolute atomic E-state index is 12.3. The molecule has 7 heteroatoms. The van der Waals surface area contributed by atoms with Gasteiger partial charge in [-0.25, -0.2) is 4.79 Å². The van der Waals surface area contributed by atoms with E-state index in [2.05, 4.69) is 4.74 Å². The predicted octanol–water partition coefficient (Wildman–Crippen LogP) is 2.88. The van der Waals surface area contributed by atoms with Crippen LogP contribution in [0.25, 0.3) is 6.08 Å². The number of benzene rings is 1. The van der Waals surface area contributed by atoms with Crippen LogP contribution in [0.15, 0.2) is 24.3 Å². The number of alkyl halides is 2. The van der Waals surface area contributed by atoms with Crippen molar-refractivity contribution in [1.82, 2.24) is 0 Å². The summed E-state index contributed by atoms with van der Waals surface area (Å²) in [4.78, 5) is 21.8. The van der Waals surface area contributed by atoms with Crippen LogP contribution in [0.3, 0.4) is 0 Å². The molecule has 0 fully saturated rings. The molecule has 0 aliphatic rings. The Morgan fingerprint density at radius 2 is 2.09 bits per heavy atom. The van der Waals surface area contributed by atoms with Crippen LogP contribution in [0.5, 0.6) is 5.75 Å². The zero-order valence-corrected chi connectivity index (χ0v) is 11.9. The molecule has 0 unspecified atom stereocenters. The van der Waals surface area contributed by atoms with E-state index in [0.717, 1.165) is 12.2 Å². The lowest BCUT2D eigenvalue weighted by Gasteiger charge is -2.10. The zero-order valence-electron chi connectivity index (χ0n) is 11.9. The number of hydrogen-bond donors (Lipinski definition) is 1. The van der Waals surface area contributed by atoms with Gasteiger partial charge in [-0.15, -0.1) is 0 Å². The van der Waals surface area contributed by atoms with Crippen molar-refractivity contribution in [3.8, 4) is 5.75 Å². The van der Waals surface area contributed by atoms with Crippen LogP contribution >= 0.6 is 0 Å². The Morgan fingerprint density at radius 3 is 2.68 bits per heavy atom. The van der Waals surface area contributed by atoms with E-state index in [0.29, 0.717) is 12.0 Å². The van der Waals surface area contributed by atoms with Gasteiger partial charge >= 0.3 is 18.6 Å². The maximum Gasteiger partial charge on any atom is 0.387 e. The normalized spacial score (nSPS) is 10.9. The molecule has 0 saturated carbocycles. The molecule has 1 aromatic rings. The number of aryl methyl sites for hydroxylation is 1. The average Bonchev–Trinajstić information content (AvgIpc) is 2.44. The first-order valence-corrected chi connectivity index (χ1v) is 6.56. The zero-order chi connectivity index (χ0) is 16.5. The van der Waals surface area contributed by atoms with Crippen molar-refractivity contribution in [2.24, 2.45) is 0 Å². The first kappa shape index (κ1) is 17.6. The van der Waals surface area contributed by atoms with Crippen molar-refractivity contribution in [1.29, 1.82) is 0 Å². The highest BCUT2D eigenvalue weighted by Crippen LogP contribution is 2.24. The van der Waals surface area contributed by atoms with Gasteiger partial charge in [0.15, 0.2) is 0 Å². The smallest absolute Gasteiger partial charge is 0.387 e. The molecule has 0 aliphatic carbocycles. The monoisotopic (exact) mass is 314 g/mol. The highest BCUT2D eigenvalue weighted by molar-refractivity contribution is 5.86. The number of carboxylic acids is 1. The Kier molecular flexibility index (Phi) is 7.01. The molecule has 0 bridgehead atoms. The summed E-state index contributed by atoms with van der Waals surface area (Å²) in [6.07, 6.45) is 2.48. The van der Waals surface area contributed by atoms with E-state index in [-0.39, 0.29) is 30.3 Å². The molecular formula is C15H16F2O5. The summed E-state index contributed by atoms with van der Waals surface area (Å²) in [5.74, 6) is -1.70. The van der Waals surface area contributed by atoms with Crippen LogP contribution in [0.4, 0.5) is 8.78 Å². The van der Waals surface area contributed by atoms with Gasteiger partial charge in [-0.05, 0) is 37.1 Å². The molecule has 0 atom stereocenters. The van der Waals surface area contributed by atoms with Gasteiger partial charge in [-0.2, -0.15) is 8.78 Å². The molecule has 0 aliphatic heterocycles. The van der Waals surface area contributed by atoms with Gasteiger partial charge in [0, 0.05) is 18.1 Å². The van der Waals surface area contributed by atoms with Crippen molar-refractivity contribution in [3.05, 3.63) is 35.4 Å². The molecule has 1 N–H and O–H groups in total. The first-order chi connectivity index (χ1) is 10.4. The van der Waals surface area contributed by atoms with Crippen LogP contribution in [-0.2, 0) is 20.7 Å². The average molecular weight is 314 g/mol. The van der Waals surface area contributed by atoms with Crippen molar-refractivity contribution < 1.29 is 33.0 Å². The fraction of sp³-hybridized carbons (Fsp3) is 0.333. The number of ether oxygens (including phenoxy) is 2. The number of esters is 1. The number of carbonyl (C=O) groups excluding carboxylic acids is 1. The van der Waals surface area contributed by atoms with Crippen molar-refractivity contribution in [2.75, 3.05) is 6.61 Å². The summed E-state index contributed by atoms with van der Waals surface area (Å²) in [7, 11) is 0. The molecule has 1 rings (SSSR count). The van der Waals surface area contributed by atoms with Crippen LogP contribution < -0.4 is 4.74 Å². The minimum atomic E-state index is -3.01. The number of carbonyl (C=O) groups is 2. The van der Waals surface area contributed by atoms with Gasteiger partial charge in [0.25, 0.3) is 0 Å². The summed E-state index contributed by atoms with van der Waals surface area (Å²) in [6, 6.07) is 4.35. The standard InChI is InChI=1S/C15H16F2O5/c1-2-21-14(20)8-4-10-3-6-12(22-15(16)17)11(9-10)5-7-13(18)19/h3,5-7,9,15H,2,4,8H2,1H3,(H,18,19)/b7-5+. The van der Waals surface area contributed by atoms with E-state index in [1.165, 1.54) is 18.2 Å². The van der Waals surface area contributed by atoms with Gasteiger partial charge in [-0.3, -0.25) is 4.79 Å². The van der Waals surface area contributed by atoms with E-state index in [9.17, 15) is 18.4 Å². The van der Waals surface area contributed by atoms with Crippen LogP contribution in [-0.4, -0.2) is 30.3 Å². The second-order valence-electron chi connectivity index (χ2n) is 4.23. The third-order valence-electron chi connectivity index (χ3n) is 2.62. The molecule has 120 valence electrons. The van der Waals surface area contributed by atoms with E-state index < -0.39 is 12.6 Å². The van der Waals surface area contributed by atoms with Crippen molar-refractivity contribution in [2.45, 2.75) is 26.4 Å². The Labute approximate surface area is 126 Å². The SMILES string of the molecule is CCOC(=O)CCc1ccc(OC(F)F)c(/C=C/C(=O)O)c1. The number of carboxylic acid groups (broad SMARTS) is 1. The molecule has 5 nitrogen and oxygen atoms in total. The van der Waals surface area contributed by atoms with Crippen molar-refractivity contribution in [3.63, 3.8) is 0 Å². The Hall–Kier alpha value is -2.44. The molecule has 0 aromatic heterocycles. The lowest BCUT2D eigenvalue weighted by molar-refractivity contribution is -0.143. The lowest BCUT2D eigenvalue weighted by Crippen LogP contribution is -2.06. The maximum atomic E-state index is 12.3. The Balaban J connectivity index is 2.90. The summed E-state index contributed by atoms with van der Waals surface area (Å²) >= 11 is 0. The largest absolute Gasteiger partial charge is 0.478 e. The molecular weight excluding hydrogens is 298 g/mol. The van der Waals surface area contributed by atoms with Gasteiger partial charge in [-0.1, -0.05) is 6.07 Å². The minimum absolute atomic E-state index is 0.132.